The Kier molecular flexibility index (Phi) is 4.85. The molecule has 0 aliphatic rings. The maximum atomic E-state index is 12.8. The summed E-state index contributed by atoms with van der Waals surface area (Å²) in [5, 5.41) is 12.3. The number of rotatable bonds is 5. The first-order valence-electron chi connectivity index (χ1n) is 7.82. The topological polar surface area (TPSA) is 77.9 Å². The van der Waals surface area contributed by atoms with Crippen LogP contribution in [0.1, 0.15) is 27.0 Å². The van der Waals surface area contributed by atoms with E-state index < -0.39 is 12.5 Å². The fraction of sp³-hybridized carbons (Fsp3) is 0.158. The molecule has 0 aliphatic heterocycles. The molecule has 132 valence electrons. The molecule has 7 heteroatoms. The number of nitrogens with zero attached hydrogens (tertiary/aromatic N) is 1. The van der Waals surface area contributed by atoms with Crippen molar-refractivity contribution in [2.45, 2.75) is 20.1 Å². The van der Waals surface area contributed by atoms with Crippen LogP contribution in [-0.2, 0) is 6.54 Å². The van der Waals surface area contributed by atoms with Crippen LogP contribution in [-0.4, -0.2) is 17.5 Å². The van der Waals surface area contributed by atoms with Crippen LogP contribution in [0.5, 0.6) is 5.75 Å². The Morgan fingerprint density at radius 2 is 2.15 bits per heavy atom. The van der Waals surface area contributed by atoms with Gasteiger partial charge in [-0.1, -0.05) is 6.07 Å². The molecule has 0 radical (unpaired) electrons. The molecule has 3 aromatic rings. The minimum absolute atomic E-state index is 0.00625. The van der Waals surface area contributed by atoms with Crippen molar-refractivity contribution in [3.63, 3.8) is 0 Å². The zero-order valence-corrected chi connectivity index (χ0v) is 13.8. The predicted octanol–water partition coefficient (Wildman–Crippen LogP) is 3.88. The lowest BCUT2D eigenvalue weighted by molar-refractivity contribution is -0.0503. The lowest BCUT2D eigenvalue weighted by atomic mass is 10.0. The van der Waals surface area contributed by atoms with Crippen molar-refractivity contribution < 1.29 is 18.3 Å². The van der Waals surface area contributed by atoms with Gasteiger partial charge >= 0.3 is 6.61 Å². The van der Waals surface area contributed by atoms with E-state index in [0.29, 0.717) is 22.1 Å². The van der Waals surface area contributed by atoms with Crippen LogP contribution in [0.3, 0.4) is 0 Å². The van der Waals surface area contributed by atoms with Gasteiger partial charge in [-0.2, -0.15) is 14.0 Å². The van der Waals surface area contributed by atoms with Gasteiger partial charge in [-0.25, -0.2) is 0 Å². The Morgan fingerprint density at radius 3 is 2.88 bits per heavy atom. The number of ether oxygens (including phenoxy) is 1. The van der Waals surface area contributed by atoms with Gasteiger partial charge in [0.05, 0.1) is 11.6 Å². The van der Waals surface area contributed by atoms with Crippen LogP contribution >= 0.6 is 0 Å². The molecular weight excluding hydrogens is 340 g/mol. The Hall–Kier alpha value is -3.40. The normalized spacial score (nSPS) is 10.7. The fourth-order valence-electron chi connectivity index (χ4n) is 2.82. The number of amides is 1. The van der Waals surface area contributed by atoms with Gasteiger partial charge in [-0.15, -0.1) is 0 Å². The third-order valence-electron chi connectivity index (χ3n) is 4.01. The molecule has 0 bridgehead atoms. The number of aromatic amines is 1. The molecule has 0 saturated carbocycles. The van der Waals surface area contributed by atoms with Crippen molar-refractivity contribution in [3.05, 3.63) is 64.8 Å². The molecule has 3 rings (SSSR count). The number of nitriles is 1. The molecule has 0 fully saturated rings. The predicted molar refractivity (Wildman–Crippen MR) is 92.0 cm³/mol. The molecule has 0 aliphatic carbocycles. The molecule has 1 aromatic heterocycles. The summed E-state index contributed by atoms with van der Waals surface area (Å²) in [5.74, 6) is -0.384. The summed E-state index contributed by atoms with van der Waals surface area (Å²) in [4.78, 5) is 15.4. The first-order valence-corrected chi connectivity index (χ1v) is 7.82. The first-order chi connectivity index (χ1) is 12.5. The zero-order chi connectivity index (χ0) is 18.7. The number of fused-ring (bicyclic) bond motifs is 1. The number of carbonyl (C=O) groups excluding carboxylic acids is 1. The van der Waals surface area contributed by atoms with Crippen LogP contribution < -0.4 is 10.1 Å². The Morgan fingerprint density at radius 1 is 1.35 bits per heavy atom. The van der Waals surface area contributed by atoms with E-state index in [2.05, 4.69) is 15.0 Å². The van der Waals surface area contributed by atoms with Gasteiger partial charge in [-0.05, 0) is 42.8 Å². The van der Waals surface area contributed by atoms with Crippen LogP contribution in [0.2, 0.25) is 0 Å². The summed E-state index contributed by atoms with van der Waals surface area (Å²) >= 11 is 0. The number of benzene rings is 2. The molecule has 0 spiro atoms. The van der Waals surface area contributed by atoms with E-state index in [9.17, 15) is 13.6 Å². The van der Waals surface area contributed by atoms with Crippen LogP contribution in [0.15, 0.2) is 42.6 Å². The van der Waals surface area contributed by atoms with Gasteiger partial charge in [0.25, 0.3) is 5.91 Å². The monoisotopic (exact) mass is 355 g/mol. The highest BCUT2D eigenvalue weighted by molar-refractivity contribution is 5.95. The number of aryl methyl sites for hydroxylation is 1. The number of hydrogen-bond acceptors (Lipinski definition) is 3. The van der Waals surface area contributed by atoms with E-state index in [1.165, 1.54) is 12.1 Å². The standard InChI is InChI=1S/C19H15F2N3O2/c1-11-7-16(26-19(20)21)15(14-5-6-23-17(11)14)10-24-18(25)13-4-2-3-12(8-13)9-22/h2-8,19,23H,10H2,1H3,(H,24,25). The number of halogens is 2. The molecule has 0 saturated heterocycles. The molecule has 26 heavy (non-hydrogen) atoms. The maximum Gasteiger partial charge on any atom is 0.387 e. The van der Waals surface area contributed by atoms with Gasteiger partial charge in [0.1, 0.15) is 5.75 Å². The number of nitrogens with one attached hydrogen (secondary N) is 2. The second kappa shape index (κ2) is 7.23. The molecule has 0 unspecified atom stereocenters. The number of hydrogen-bond donors (Lipinski definition) is 2. The lowest BCUT2D eigenvalue weighted by Crippen LogP contribution is -2.23. The summed E-state index contributed by atoms with van der Waals surface area (Å²) < 4.78 is 30.2. The minimum atomic E-state index is -2.97. The Balaban J connectivity index is 1.90. The van der Waals surface area contributed by atoms with Crippen molar-refractivity contribution in [3.8, 4) is 11.8 Å². The van der Waals surface area contributed by atoms with Crippen LogP contribution in [0.4, 0.5) is 8.78 Å². The molecule has 1 heterocycles. The van der Waals surface area contributed by atoms with Gasteiger partial charge in [-0.3, -0.25) is 4.79 Å². The van der Waals surface area contributed by atoms with Gasteiger partial charge < -0.3 is 15.0 Å². The third kappa shape index (κ3) is 3.49. The zero-order valence-electron chi connectivity index (χ0n) is 13.8. The number of alkyl halides is 2. The number of aromatic nitrogens is 1. The fourth-order valence-corrected chi connectivity index (χ4v) is 2.82. The van der Waals surface area contributed by atoms with Crippen LogP contribution in [0.25, 0.3) is 10.9 Å². The second-order valence-corrected chi connectivity index (χ2v) is 5.69. The van der Waals surface area contributed by atoms with E-state index in [-0.39, 0.29) is 12.3 Å². The molecule has 5 nitrogen and oxygen atoms in total. The summed E-state index contributed by atoms with van der Waals surface area (Å²) in [6, 6.07) is 11.5. The van der Waals surface area contributed by atoms with Crippen LogP contribution in [0, 0.1) is 18.3 Å². The molecule has 1 amide bonds. The molecule has 0 atom stereocenters. The van der Waals surface area contributed by atoms with E-state index in [0.717, 1.165) is 11.1 Å². The highest BCUT2D eigenvalue weighted by atomic mass is 19.3. The second-order valence-electron chi connectivity index (χ2n) is 5.69. The Bertz CT molecular complexity index is 1010. The third-order valence-corrected chi connectivity index (χ3v) is 4.01. The molecular formula is C19H15F2N3O2. The SMILES string of the molecule is Cc1cc(OC(F)F)c(CNC(=O)c2cccc(C#N)c2)c2cc[nH]c12. The average molecular weight is 355 g/mol. The van der Waals surface area contributed by atoms with Crippen molar-refractivity contribution >= 4 is 16.8 Å². The lowest BCUT2D eigenvalue weighted by Gasteiger charge is -2.14. The van der Waals surface area contributed by atoms with Gasteiger partial charge in [0.15, 0.2) is 0 Å². The minimum Gasteiger partial charge on any atom is -0.434 e. The highest BCUT2D eigenvalue weighted by Crippen LogP contribution is 2.31. The van der Waals surface area contributed by atoms with Gasteiger partial charge in [0, 0.05) is 34.8 Å². The van der Waals surface area contributed by atoms with E-state index in [4.69, 9.17) is 5.26 Å². The van der Waals surface area contributed by atoms with E-state index >= 15 is 0 Å². The van der Waals surface area contributed by atoms with Crippen molar-refractivity contribution in [2.75, 3.05) is 0 Å². The molecule has 2 N–H and O–H groups in total. The summed E-state index contributed by atoms with van der Waals surface area (Å²) in [6.45, 7) is -1.17. The van der Waals surface area contributed by atoms with E-state index in [1.807, 2.05) is 6.07 Å². The maximum absolute atomic E-state index is 12.8. The quantitative estimate of drug-likeness (QED) is 0.729. The van der Waals surface area contributed by atoms with Crippen molar-refractivity contribution in [2.24, 2.45) is 0 Å². The number of H-pyrrole nitrogens is 1. The summed E-state index contributed by atoms with van der Waals surface area (Å²) in [5.41, 5.74) is 2.69. The van der Waals surface area contributed by atoms with Crippen molar-refractivity contribution in [1.82, 2.24) is 10.3 Å². The number of carbonyl (C=O) groups is 1. The Labute approximate surface area is 148 Å². The smallest absolute Gasteiger partial charge is 0.387 e. The largest absolute Gasteiger partial charge is 0.434 e. The molecule has 2 aromatic carbocycles. The van der Waals surface area contributed by atoms with Gasteiger partial charge in [0.2, 0.25) is 0 Å². The summed E-state index contributed by atoms with van der Waals surface area (Å²) in [6.07, 6.45) is 1.70. The van der Waals surface area contributed by atoms with E-state index in [1.54, 1.807) is 37.4 Å². The van der Waals surface area contributed by atoms with Crippen molar-refractivity contribution in [1.29, 1.82) is 5.26 Å². The highest BCUT2D eigenvalue weighted by Gasteiger charge is 2.17. The first kappa shape index (κ1) is 17.4. The average Bonchev–Trinajstić information content (AvgIpc) is 3.11. The summed E-state index contributed by atoms with van der Waals surface area (Å²) in [7, 11) is 0.